The molecule has 2 heteroatoms. The van der Waals surface area contributed by atoms with Gasteiger partial charge in [-0.05, 0) is 13.8 Å². The van der Waals surface area contributed by atoms with Crippen LogP contribution < -0.4 is 0 Å². The van der Waals surface area contributed by atoms with Crippen molar-refractivity contribution in [2.75, 3.05) is 13.2 Å². The van der Waals surface area contributed by atoms with Crippen LogP contribution in [-0.2, 0) is 4.74 Å². The molecule has 0 unspecified atom stereocenters. The largest absolute Gasteiger partial charge is 0.382 e. The molecule has 0 rings (SSSR count). The van der Waals surface area contributed by atoms with Gasteiger partial charge in [0.05, 0.1) is 0 Å². The zero-order chi connectivity index (χ0) is 4.12. The zero-order valence-corrected chi connectivity index (χ0v) is 3.82. The van der Waals surface area contributed by atoms with E-state index in [2.05, 4.69) is 0 Å². The molecule has 0 fully saturated rings. The number of hydrogen-bond donors (Lipinski definition) is 0. The average Bonchev–Trinajstić information content (AvgIpc) is 1.41. The molecule has 0 N–H and O–H groups in total. The van der Waals surface area contributed by atoms with Crippen LogP contribution in [0.1, 0.15) is 13.8 Å². The van der Waals surface area contributed by atoms with Gasteiger partial charge in [-0.3, -0.25) is 0 Å². The van der Waals surface area contributed by atoms with Crippen LogP contribution in [-0.4, -0.2) is 36.3 Å². The van der Waals surface area contributed by atoms with Crippen molar-refractivity contribution in [1.29, 1.82) is 0 Å². The fourth-order valence-corrected chi connectivity index (χ4v) is 0.204. The third-order valence-corrected chi connectivity index (χ3v) is 0.408. The molecular formula is C4H12MgO. The first-order valence-corrected chi connectivity index (χ1v) is 1.99. The van der Waals surface area contributed by atoms with E-state index in [1.807, 2.05) is 13.8 Å². The van der Waals surface area contributed by atoms with E-state index < -0.39 is 0 Å². The summed E-state index contributed by atoms with van der Waals surface area (Å²) in [7, 11) is 0. The van der Waals surface area contributed by atoms with Crippen LogP contribution >= 0.6 is 0 Å². The maximum atomic E-state index is 4.83. The Bertz CT molecular complexity index is 15.0. The molecule has 0 atom stereocenters. The lowest BCUT2D eigenvalue weighted by atomic mass is 10.8. The summed E-state index contributed by atoms with van der Waals surface area (Å²) in [6.07, 6.45) is 0. The standard InChI is InChI=1S/C4H10O.Mg.2H/c1-3-5-4-2;;;/h3-4H2,1-2H3;;;. The first-order chi connectivity index (χ1) is 2.41. The van der Waals surface area contributed by atoms with Gasteiger partial charge in [0.2, 0.25) is 0 Å². The van der Waals surface area contributed by atoms with Crippen molar-refractivity contribution in [2.24, 2.45) is 0 Å². The average molecular weight is 100 g/mol. The Morgan fingerprint density at radius 1 is 1.17 bits per heavy atom. The van der Waals surface area contributed by atoms with Gasteiger partial charge < -0.3 is 4.74 Å². The van der Waals surface area contributed by atoms with Gasteiger partial charge in [0.25, 0.3) is 0 Å². The summed E-state index contributed by atoms with van der Waals surface area (Å²) < 4.78 is 4.83. The maximum Gasteiger partial charge on any atom is 0.316 e. The molecule has 0 saturated heterocycles. The molecule has 0 radical (unpaired) electrons. The van der Waals surface area contributed by atoms with E-state index in [-0.39, 0.29) is 23.1 Å². The second kappa shape index (κ2) is 9.21. The molecule has 0 aromatic heterocycles. The Morgan fingerprint density at radius 2 is 1.50 bits per heavy atom. The maximum absolute atomic E-state index is 4.83. The van der Waals surface area contributed by atoms with Crippen LogP contribution in [0.4, 0.5) is 0 Å². The van der Waals surface area contributed by atoms with E-state index in [1.165, 1.54) is 0 Å². The van der Waals surface area contributed by atoms with Crippen molar-refractivity contribution >= 4 is 23.1 Å². The molecule has 1 nitrogen and oxygen atoms in total. The zero-order valence-electron chi connectivity index (χ0n) is 3.82. The minimum Gasteiger partial charge on any atom is -0.382 e. The normalized spacial score (nSPS) is 7.00. The third-order valence-electron chi connectivity index (χ3n) is 0.408. The fourth-order valence-electron chi connectivity index (χ4n) is 0.204. The van der Waals surface area contributed by atoms with Gasteiger partial charge in [-0.15, -0.1) is 0 Å². The molecule has 0 aromatic rings. The van der Waals surface area contributed by atoms with E-state index in [0.29, 0.717) is 0 Å². The van der Waals surface area contributed by atoms with Crippen LogP contribution in [0.25, 0.3) is 0 Å². The molecule has 0 aliphatic rings. The number of rotatable bonds is 2. The molecular weight excluding hydrogens is 88.3 g/mol. The molecule has 0 spiro atoms. The molecule has 0 aliphatic heterocycles. The van der Waals surface area contributed by atoms with Crippen molar-refractivity contribution in [1.82, 2.24) is 0 Å². The molecule has 0 aromatic carbocycles. The quantitative estimate of drug-likeness (QED) is 0.448. The Labute approximate surface area is 55.2 Å². The first kappa shape index (κ1) is 9.87. The summed E-state index contributed by atoms with van der Waals surface area (Å²) in [5, 5.41) is 0. The molecule has 36 valence electrons. The van der Waals surface area contributed by atoms with Crippen LogP contribution in [0.2, 0.25) is 0 Å². The van der Waals surface area contributed by atoms with Crippen molar-refractivity contribution in [3.8, 4) is 0 Å². The highest BCUT2D eigenvalue weighted by atomic mass is 24.3. The van der Waals surface area contributed by atoms with Gasteiger partial charge >= 0.3 is 23.1 Å². The monoisotopic (exact) mass is 100 g/mol. The van der Waals surface area contributed by atoms with Gasteiger partial charge in [-0.1, -0.05) is 0 Å². The number of ether oxygens (including phenoxy) is 1. The molecule has 0 amide bonds. The summed E-state index contributed by atoms with van der Waals surface area (Å²) in [5.41, 5.74) is 0. The Kier molecular flexibility index (Phi) is 15.2. The first-order valence-electron chi connectivity index (χ1n) is 1.99. The highest BCUT2D eigenvalue weighted by molar-refractivity contribution is 5.75. The van der Waals surface area contributed by atoms with Gasteiger partial charge in [0.15, 0.2) is 0 Å². The number of hydrogen-bond acceptors (Lipinski definition) is 1. The van der Waals surface area contributed by atoms with Crippen molar-refractivity contribution < 1.29 is 4.74 Å². The fraction of sp³-hybridized carbons (Fsp3) is 1.00. The molecule has 6 heavy (non-hydrogen) atoms. The van der Waals surface area contributed by atoms with E-state index in [1.54, 1.807) is 0 Å². The van der Waals surface area contributed by atoms with Gasteiger partial charge in [-0.25, -0.2) is 0 Å². The second-order valence-corrected chi connectivity index (χ2v) is 0.781. The minimum atomic E-state index is 0. The predicted molar refractivity (Wildman–Crippen MR) is 30.7 cm³/mol. The van der Waals surface area contributed by atoms with Crippen molar-refractivity contribution in [3.63, 3.8) is 0 Å². The highest BCUT2D eigenvalue weighted by Crippen LogP contribution is 1.64. The van der Waals surface area contributed by atoms with Crippen LogP contribution in [0.5, 0.6) is 0 Å². The minimum absolute atomic E-state index is 0. The molecule has 0 saturated carbocycles. The van der Waals surface area contributed by atoms with E-state index >= 15 is 0 Å². The molecule has 0 heterocycles. The van der Waals surface area contributed by atoms with Crippen molar-refractivity contribution in [2.45, 2.75) is 13.8 Å². The lowest BCUT2D eigenvalue weighted by molar-refractivity contribution is 0.162. The smallest absolute Gasteiger partial charge is 0.316 e. The van der Waals surface area contributed by atoms with Crippen LogP contribution in [0, 0.1) is 0 Å². The Morgan fingerprint density at radius 3 is 1.50 bits per heavy atom. The summed E-state index contributed by atoms with van der Waals surface area (Å²) in [6, 6.07) is 0. The summed E-state index contributed by atoms with van der Waals surface area (Å²) in [6.45, 7) is 5.67. The SMILES string of the molecule is CCOCC.[MgH2]. The molecule has 0 aliphatic carbocycles. The van der Waals surface area contributed by atoms with Gasteiger partial charge in [-0.2, -0.15) is 0 Å². The summed E-state index contributed by atoms with van der Waals surface area (Å²) in [5.74, 6) is 0. The Hall–Kier alpha value is 0.726. The van der Waals surface area contributed by atoms with E-state index in [4.69, 9.17) is 4.74 Å². The highest BCUT2D eigenvalue weighted by Gasteiger charge is 1.64. The molecule has 0 bridgehead atoms. The summed E-state index contributed by atoms with van der Waals surface area (Å²) in [4.78, 5) is 0. The lowest BCUT2D eigenvalue weighted by Crippen LogP contribution is -1.84. The third kappa shape index (κ3) is 8.83. The van der Waals surface area contributed by atoms with Crippen LogP contribution in [0.3, 0.4) is 0 Å². The van der Waals surface area contributed by atoms with Gasteiger partial charge in [0.1, 0.15) is 0 Å². The predicted octanol–water partition coefficient (Wildman–Crippen LogP) is 0.127. The van der Waals surface area contributed by atoms with E-state index in [0.717, 1.165) is 13.2 Å². The van der Waals surface area contributed by atoms with Crippen LogP contribution in [0.15, 0.2) is 0 Å². The van der Waals surface area contributed by atoms with Gasteiger partial charge in [0, 0.05) is 13.2 Å². The second-order valence-electron chi connectivity index (χ2n) is 0.781. The van der Waals surface area contributed by atoms with E-state index in [9.17, 15) is 0 Å². The van der Waals surface area contributed by atoms with Crippen molar-refractivity contribution in [3.05, 3.63) is 0 Å². The Balaban J connectivity index is 0. The summed E-state index contributed by atoms with van der Waals surface area (Å²) >= 11 is 0. The lowest BCUT2D eigenvalue weighted by Gasteiger charge is -1.86. The topological polar surface area (TPSA) is 9.23 Å².